The van der Waals surface area contributed by atoms with Gasteiger partial charge in [-0.25, -0.2) is 0 Å². The number of rotatable bonds is 3. The summed E-state index contributed by atoms with van der Waals surface area (Å²) in [6.45, 7) is 0. The van der Waals surface area contributed by atoms with Gasteiger partial charge in [0.25, 0.3) is 0 Å². The number of carboxylic acids is 1. The third kappa shape index (κ3) is 2.95. The molecule has 2 unspecified atom stereocenters. The molecule has 0 aliphatic carbocycles. The Bertz CT molecular complexity index is 377. The Morgan fingerprint density at radius 1 is 1.38 bits per heavy atom. The maximum atomic E-state index is 10.8. The van der Waals surface area contributed by atoms with Gasteiger partial charge in [0, 0.05) is 9.61 Å². The van der Waals surface area contributed by atoms with E-state index in [-0.39, 0.29) is 6.04 Å². The number of hydrogen-bond acceptors (Lipinski definition) is 2. The van der Waals surface area contributed by atoms with Gasteiger partial charge in [-0.3, -0.25) is 4.79 Å². The standard InChI is InChI=1S/C12H14INO2/c13-9-3-1-8(2-4-9)7-10-5-6-11(14-10)12(15)16/h1-4,10-11,14H,5-7H2,(H,15,16). The van der Waals surface area contributed by atoms with Crippen molar-refractivity contribution in [1.82, 2.24) is 5.32 Å². The van der Waals surface area contributed by atoms with Gasteiger partial charge in [0.15, 0.2) is 0 Å². The third-order valence-corrected chi connectivity index (χ3v) is 3.65. The zero-order chi connectivity index (χ0) is 11.5. The molecule has 1 aromatic rings. The number of nitrogens with one attached hydrogen (secondary N) is 1. The van der Waals surface area contributed by atoms with Crippen LogP contribution in [0.4, 0.5) is 0 Å². The van der Waals surface area contributed by atoms with Crippen molar-refractivity contribution in [2.24, 2.45) is 0 Å². The van der Waals surface area contributed by atoms with Crippen LogP contribution in [0.1, 0.15) is 18.4 Å². The van der Waals surface area contributed by atoms with Crippen molar-refractivity contribution < 1.29 is 9.90 Å². The van der Waals surface area contributed by atoms with E-state index in [9.17, 15) is 4.79 Å². The molecule has 2 atom stereocenters. The fourth-order valence-electron chi connectivity index (χ4n) is 2.08. The second kappa shape index (κ2) is 5.14. The lowest BCUT2D eigenvalue weighted by Crippen LogP contribution is -2.36. The van der Waals surface area contributed by atoms with E-state index in [2.05, 4.69) is 52.2 Å². The van der Waals surface area contributed by atoms with Gasteiger partial charge >= 0.3 is 5.97 Å². The van der Waals surface area contributed by atoms with Gasteiger partial charge < -0.3 is 10.4 Å². The van der Waals surface area contributed by atoms with Crippen molar-refractivity contribution in [3.8, 4) is 0 Å². The van der Waals surface area contributed by atoms with Crippen molar-refractivity contribution in [2.75, 3.05) is 0 Å². The molecule has 0 amide bonds. The monoisotopic (exact) mass is 331 g/mol. The van der Waals surface area contributed by atoms with E-state index >= 15 is 0 Å². The Balaban J connectivity index is 1.92. The second-order valence-electron chi connectivity index (χ2n) is 4.16. The van der Waals surface area contributed by atoms with Crippen LogP contribution in [0, 0.1) is 3.57 Å². The minimum Gasteiger partial charge on any atom is -0.480 e. The zero-order valence-corrected chi connectivity index (χ0v) is 11.0. The molecule has 1 aromatic carbocycles. The number of halogens is 1. The normalized spacial score (nSPS) is 24.6. The molecular formula is C12H14INO2. The number of hydrogen-bond donors (Lipinski definition) is 2. The van der Waals surface area contributed by atoms with Crippen molar-refractivity contribution in [1.29, 1.82) is 0 Å². The molecule has 2 rings (SSSR count). The molecule has 3 nitrogen and oxygen atoms in total. The van der Waals surface area contributed by atoms with Crippen LogP contribution in [0.15, 0.2) is 24.3 Å². The van der Waals surface area contributed by atoms with Gasteiger partial charge in [-0.15, -0.1) is 0 Å². The SMILES string of the molecule is O=C(O)C1CCC(Cc2ccc(I)cc2)N1. The van der Waals surface area contributed by atoms with Gasteiger partial charge in [-0.1, -0.05) is 12.1 Å². The lowest BCUT2D eigenvalue weighted by molar-refractivity contribution is -0.139. The summed E-state index contributed by atoms with van der Waals surface area (Å²) in [4.78, 5) is 10.8. The molecule has 0 aromatic heterocycles. The smallest absolute Gasteiger partial charge is 0.320 e. The summed E-state index contributed by atoms with van der Waals surface area (Å²) < 4.78 is 1.23. The Morgan fingerprint density at radius 2 is 2.06 bits per heavy atom. The van der Waals surface area contributed by atoms with E-state index in [1.807, 2.05) is 0 Å². The maximum Gasteiger partial charge on any atom is 0.320 e. The van der Waals surface area contributed by atoms with Gasteiger partial charge in [0.1, 0.15) is 6.04 Å². The first-order chi connectivity index (χ1) is 7.65. The molecule has 0 saturated carbocycles. The van der Waals surface area contributed by atoms with Crippen LogP contribution in [-0.2, 0) is 11.2 Å². The van der Waals surface area contributed by atoms with Crippen molar-refractivity contribution in [2.45, 2.75) is 31.3 Å². The molecule has 1 aliphatic heterocycles. The molecule has 0 radical (unpaired) electrons. The molecule has 1 heterocycles. The van der Waals surface area contributed by atoms with Crippen LogP contribution < -0.4 is 5.32 Å². The molecule has 1 aliphatic rings. The van der Waals surface area contributed by atoms with E-state index in [1.54, 1.807) is 0 Å². The van der Waals surface area contributed by atoms with E-state index in [0.717, 1.165) is 19.3 Å². The average molecular weight is 331 g/mol. The first kappa shape index (κ1) is 11.9. The Hall–Kier alpha value is -0.620. The van der Waals surface area contributed by atoms with Crippen LogP contribution >= 0.6 is 22.6 Å². The first-order valence-electron chi connectivity index (χ1n) is 5.38. The lowest BCUT2D eigenvalue weighted by atomic mass is 10.0. The number of carbonyl (C=O) groups is 1. The molecule has 0 bridgehead atoms. The quantitative estimate of drug-likeness (QED) is 0.834. The second-order valence-corrected chi connectivity index (χ2v) is 5.41. The topological polar surface area (TPSA) is 49.3 Å². The summed E-state index contributed by atoms with van der Waals surface area (Å²) in [7, 11) is 0. The summed E-state index contributed by atoms with van der Waals surface area (Å²) in [5.41, 5.74) is 1.27. The molecule has 86 valence electrons. The highest BCUT2D eigenvalue weighted by molar-refractivity contribution is 14.1. The third-order valence-electron chi connectivity index (χ3n) is 2.93. The molecule has 1 saturated heterocycles. The maximum absolute atomic E-state index is 10.8. The van der Waals surface area contributed by atoms with Gasteiger partial charge in [-0.05, 0) is 59.5 Å². The van der Waals surface area contributed by atoms with Crippen LogP contribution in [0.3, 0.4) is 0 Å². The number of aliphatic carboxylic acids is 1. The summed E-state index contributed by atoms with van der Waals surface area (Å²) in [5, 5.41) is 12.0. The van der Waals surface area contributed by atoms with Crippen LogP contribution in [0.25, 0.3) is 0 Å². The highest BCUT2D eigenvalue weighted by atomic mass is 127. The Morgan fingerprint density at radius 3 is 2.62 bits per heavy atom. The summed E-state index contributed by atoms with van der Waals surface area (Å²) >= 11 is 2.28. The van der Waals surface area contributed by atoms with Crippen LogP contribution in [0.5, 0.6) is 0 Å². The summed E-state index contributed by atoms with van der Waals surface area (Å²) in [5.74, 6) is -0.731. The fraction of sp³-hybridized carbons (Fsp3) is 0.417. The minimum absolute atomic E-state index is 0.307. The summed E-state index contributed by atoms with van der Waals surface area (Å²) in [6.07, 6.45) is 2.61. The molecule has 16 heavy (non-hydrogen) atoms. The predicted octanol–water partition coefficient (Wildman–Crippen LogP) is 2.04. The summed E-state index contributed by atoms with van der Waals surface area (Å²) in [6, 6.07) is 8.34. The molecular weight excluding hydrogens is 317 g/mol. The van der Waals surface area contributed by atoms with Crippen molar-refractivity contribution in [3.05, 3.63) is 33.4 Å². The molecule has 1 fully saturated rings. The Kier molecular flexibility index (Phi) is 3.81. The largest absolute Gasteiger partial charge is 0.480 e. The zero-order valence-electron chi connectivity index (χ0n) is 8.82. The van der Waals surface area contributed by atoms with Crippen molar-refractivity contribution in [3.63, 3.8) is 0 Å². The van der Waals surface area contributed by atoms with Gasteiger partial charge in [0.2, 0.25) is 0 Å². The van der Waals surface area contributed by atoms with E-state index in [1.165, 1.54) is 9.13 Å². The van der Waals surface area contributed by atoms with Crippen LogP contribution in [0.2, 0.25) is 0 Å². The fourth-order valence-corrected chi connectivity index (χ4v) is 2.44. The first-order valence-corrected chi connectivity index (χ1v) is 6.46. The van der Waals surface area contributed by atoms with Gasteiger partial charge in [-0.2, -0.15) is 0 Å². The molecule has 0 spiro atoms. The highest BCUT2D eigenvalue weighted by Crippen LogP contribution is 2.17. The molecule has 2 N–H and O–H groups in total. The van der Waals surface area contributed by atoms with Crippen molar-refractivity contribution >= 4 is 28.6 Å². The molecule has 4 heteroatoms. The number of benzene rings is 1. The highest BCUT2D eigenvalue weighted by Gasteiger charge is 2.28. The van der Waals surface area contributed by atoms with E-state index in [0.29, 0.717) is 6.04 Å². The lowest BCUT2D eigenvalue weighted by Gasteiger charge is -2.11. The van der Waals surface area contributed by atoms with E-state index in [4.69, 9.17) is 5.11 Å². The number of carboxylic acid groups (broad SMARTS) is 1. The van der Waals surface area contributed by atoms with Crippen LogP contribution in [-0.4, -0.2) is 23.2 Å². The van der Waals surface area contributed by atoms with Gasteiger partial charge in [0.05, 0.1) is 0 Å². The Labute approximate surface area is 108 Å². The average Bonchev–Trinajstić information content (AvgIpc) is 2.70. The predicted molar refractivity (Wildman–Crippen MR) is 70.4 cm³/mol. The van der Waals surface area contributed by atoms with E-state index < -0.39 is 5.97 Å². The minimum atomic E-state index is -0.731.